The minimum atomic E-state index is -1.78. The number of phenols is 1. The minimum absolute atomic E-state index is 0.0177. The lowest BCUT2D eigenvalue weighted by Gasteiger charge is -2.35. The lowest BCUT2D eigenvalue weighted by atomic mass is 9.91. The van der Waals surface area contributed by atoms with Gasteiger partial charge in [0.05, 0.1) is 26.1 Å². The number of hydrogen-bond donors (Lipinski definition) is 5. The summed E-state index contributed by atoms with van der Waals surface area (Å²) >= 11 is 3.67. The molecule has 6 aromatic rings. The molecule has 15 heteroatoms. The average Bonchev–Trinajstić information content (AvgIpc) is 3.96. The van der Waals surface area contributed by atoms with Crippen LogP contribution in [0.5, 0.6) is 5.75 Å². The Morgan fingerprint density at radius 3 is 2.57 bits per heavy atom. The molecule has 0 saturated heterocycles. The fourth-order valence-electron chi connectivity index (χ4n) is 6.84. The van der Waals surface area contributed by atoms with Crippen LogP contribution in [0.15, 0.2) is 70.2 Å². The second-order valence-corrected chi connectivity index (χ2v) is 15.9. The van der Waals surface area contributed by atoms with Crippen LogP contribution in [0, 0.1) is 0 Å². The van der Waals surface area contributed by atoms with Gasteiger partial charge < -0.3 is 35.3 Å². The molecule has 1 fully saturated rings. The number of benzene rings is 2. The molecule has 5 N–H and O–H groups in total. The number of hydrogen-bond acceptors (Lipinski definition) is 13. The second kappa shape index (κ2) is 15.3. The van der Waals surface area contributed by atoms with E-state index in [0.717, 1.165) is 73.1 Å². The first-order valence-electron chi connectivity index (χ1n) is 17.0. The highest BCUT2D eigenvalue weighted by Gasteiger charge is 2.45. The first kappa shape index (κ1) is 35.4. The molecule has 1 aliphatic rings. The third-order valence-corrected chi connectivity index (χ3v) is 12.6. The fraction of sp³-hybridized carbons (Fsp3) is 0.389. The number of aliphatic hydroxyl groups is 2. The lowest BCUT2D eigenvalue weighted by Crippen LogP contribution is -2.42. The van der Waals surface area contributed by atoms with Crippen LogP contribution in [0.1, 0.15) is 59.1 Å². The summed E-state index contributed by atoms with van der Waals surface area (Å²) in [4.78, 5) is 31.0. The summed E-state index contributed by atoms with van der Waals surface area (Å²) in [6.07, 6.45) is 3.17. The molecule has 4 heterocycles. The number of aliphatic hydroxyl groups excluding tert-OH is 1. The Balaban J connectivity index is 0.859. The number of thiophene rings is 2. The third kappa shape index (κ3) is 7.51. The fourth-order valence-corrected chi connectivity index (χ4v) is 9.47. The van der Waals surface area contributed by atoms with E-state index in [-0.39, 0.29) is 23.3 Å². The van der Waals surface area contributed by atoms with Crippen molar-refractivity contribution in [3.05, 3.63) is 95.9 Å². The number of aromatic hydroxyl groups is 1. The molecule has 4 aromatic heterocycles. The second-order valence-electron chi connectivity index (χ2n) is 13.0. The molecule has 268 valence electrons. The van der Waals surface area contributed by atoms with Gasteiger partial charge in [0, 0.05) is 31.2 Å². The number of thiazole rings is 1. The molecule has 12 nitrogen and oxygen atoms in total. The molecule has 0 bridgehead atoms. The van der Waals surface area contributed by atoms with Crippen molar-refractivity contribution in [2.24, 2.45) is 0 Å². The molecule has 2 aromatic carbocycles. The van der Waals surface area contributed by atoms with E-state index in [4.69, 9.17) is 4.74 Å². The van der Waals surface area contributed by atoms with E-state index in [2.05, 4.69) is 32.6 Å². The largest absolute Gasteiger partial charge is 0.506 e. The molecule has 1 aliphatic carbocycles. The number of nitrogens with zero attached hydrogens (tertiary/aromatic N) is 4. The number of aromatic amines is 1. The van der Waals surface area contributed by atoms with Gasteiger partial charge in [0.25, 0.3) is 0 Å². The van der Waals surface area contributed by atoms with E-state index in [9.17, 15) is 24.9 Å². The standard InChI is InChI=1S/C36H40N6O6S3/c1-41(23-8-10-24(11-9-23)48-34(45)36(47,30-5-2-17-49-30)31-6-3-18-50-31)15-4-16-42-27-13-7-22(19-26(27)39-40-42)20-37-21-29(44)25-12-14-28(43)32-33(25)51-35(46)38-32/h2-3,5-7,12-14,17-19,23-24,29,37,43-44,47H,4,8-11,15-16,20-21H2,1H3,(H,38,46)/t23?,24?,29-/m0/s1. The van der Waals surface area contributed by atoms with Crippen molar-refractivity contribution >= 4 is 61.2 Å². The summed E-state index contributed by atoms with van der Waals surface area (Å²) in [5, 5.41) is 48.2. The maximum atomic E-state index is 13.4. The van der Waals surface area contributed by atoms with E-state index in [1.807, 2.05) is 45.8 Å². The van der Waals surface area contributed by atoms with Gasteiger partial charge in [-0.25, -0.2) is 9.48 Å². The van der Waals surface area contributed by atoms with E-state index in [1.165, 1.54) is 28.7 Å². The van der Waals surface area contributed by atoms with Crippen LogP contribution in [0.25, 0.3) is 21.3 Å². The van der Waals surface area contributed by atoms with Crippen LogP contribution in [-0.4, -0.2) is 78.4 Å². The monoisotopic (exact) mass is 748 g/mol. The number of rotatable bonds is 14. The van der Waals surface area contributed by atoms with E-state index in [1.54, 1.807) is 18.2 Å². The Morgan fingerprint density at radius 2 is 1.86 bits per heavy atom. The number of fused-ring (bicyclic) bond motifs is 2. The lowest BCUT2D eigenvalue weighted by molar-refractivity contribution is -0.169. The maximum absolute atomic E-state index is 13.4. The van der Waals surface area contributed by atoms with Gasteiger partial charge in [-0.3, -0.25) is 4.79 Å². The quantitative estimate of drug-likeness (QED) is 0.0947. The first-order chi connectivity index (χ1) is 24.7. The highest BCUT2D eigenvalue weighted by Crippen LogP contribution is 2.38. The van der Waals surface area contributed by atoms with Gasteiger partial charge in [0.2, 0.25) is 5.60 Å². The number of nitrogens with one attached hydrogen (secondary N) is 2. The van der Waals surface area contributed by atoms with Crippen molar-refractivity contribution < 1.29 is 24.9 Å². The summed E-state index contributed by atoms with van der Waals surface area (Å²) in [5.74, 6) is -0.618. The first-order valence-corrected chi connectivity index (χ1v) is 19.6. The molecule has 0 aliphatic heterocycles. The molecule has 7 rings (SSSR count). The van der Waals surface area contributed by atoms with Gasteiger partial charge in [0.1, 0.15) is 22.9 Å². The number of esters is 1. The Bertz CT molecular complexity index is 2100. The smallest absolute Gasteiger partial charge is 0.349 e. The maximum Gasteiger partial charge on any atom is 0.349 e. The topological polar surface area (TPSA) is 166 Å². The van der Waals surface area contributed by atoms with E-state index in [0.29, 0.717) is 38.1 Å². The van der Waals surface area contributed by atoms with Gasteiger partial charge >= 0.3 is 10.8 Å². The zero-order valence-electron chi connectivity index (χ0n) is 28.0. The van der Waals surface area contributed by atoms with Crippen molar-refractivity contribution in [3.8, 4) is 5.75 Å². The van der Waals surface area contributed by atoms with Crippen LogP contribution in [-0.2, 0) is 28.2 Å². The van der Waals surface area contributed by atoms with Gasteiger partial charge in [-0.15, -0.1) is 27.8 Å². The summed E-state index contributed by atoms with van der Waals surface area (Å²) in [5.41, 5.74) is 1.93. The van der Waals surface area contributed by atoms with Crippen LogP contribution in [0.3, 0.4) is 0 Å². The van der Waals surface area contributed by atoms with E-state index >= 15 is 0 Å². The third-order valence-electron chi connectivity index (χ3n) is 9.66. The zero-order chi connectivity index (χ0) is 35.5. The Hall–Kier alpha value is -3.96. The summed E-state index contributed by atoms with van der Waals surface area (Å²) < 4.78 is 8.42. The van der Waals surface area contributed by atoms with Crippen molar-refractivity contribution in [1.29, 1.82) is 0 Å². The Morgan fingerprint density at radius 1 is 1.12 bits per heavy atom. The SMILES string of the molecule is CN(CCCn1nnc2cc(CNC[C@H](O)c3ccc(O)c4[nH]c(=O)sc34)ccc21)C1CCC(OC(=O)C(O)(c2cccs2)c2cccs2)CC1. The average molecular weight is 749 g/mol. The molecule has 1 saturated carbocycles. The molecule has 51 heavy (non-hydrogen) atoms. The molecular formula is C36H40N6O6S3. The minimum Gasteiger partial charge on any atom is -0.506 e. The molecule has 0 spiro atoms. The zero-order valence-corrected chi connectivity index (χ0v) is 30.5. The van der Waals surface area contributed by atoms with Crippen molar-refractivity contribution in [2.75, 3.05) is 20.1 Å². The molecule has 0 unspecified atom stereocenters. The number of aromatic nitrogens is 4. The van der Waals surface area contributed by atoms with E-state index < -0.39 is 17.7 Å². The summed E-state index contributed by atoms with van der Waals surface area (Å²) in [7, 11) is 2.14. The van der Waals surface area contributed by atoms with Crippen LogP contribution < -0.4 is 10.2 Å². The summed E-state index contributed by atoms with van der Waals surface area (Å²) in [6.45, 7) is 2.41. The van der Waals surface area contributed by atoms with Gasteiger partial charge in [-0.2, -0.15) is 0 Å². The number of phenolic OH excluding ortho intramolecular Hbond substituents is 1. The highest BCUT2D eigenvalue weighted by molar-refractivity contribution is 7.16. The predicted octanol–water partition coefficient (Wildman–Crippen LogP) is 5.10. The summed E-state index contributed by atoms with van der Waals surface area (Å²) in [6, 6.07) is 16.8. The van der Waals surface area contributed by atoms with Crippen molar-refractivity contribution in [3.63, 3.8) is 0 Å². The van der Waals surface area contributed by atoms with Crippen molar-refractivity contribution in [2.45, 2.75) is 69.0 Å². The molecular weight excluding hydrogens is 709 g/mol. The van der Waals surface area contributed by atoms with Crippen molar-refractivity contribution in [1.82, 2.24) is 30.2 Å². The Labute approximate surface area is 305 Å². The van der Waals surface area contributed by atoms with Gasteiger partial charge in [-0.1, -0.05) is 40.8 Å². The van der Waals surface area contributed by atoms with Crippen LogP contribution >= 0.6 is 34.0 Å². The molecule has 0 amide bonds. The molecule has 1 atom stereocenters. The number of ether oxygens (including phenoxy) is 1. The van der Waals surface area contributed by atoms with Crippen LogP contribution in [0.4, 0.5) is 0 Å². The number of carbonyl (C=O) groups excluding carboxylic acids is 1. The predicted molar refractivity (Wildman–Crippen MR) is 199 cm³/mol. The normalized spacial score (nSPS) is 17.4. The van der Waals surface area contributed by atoms with Gasteiger partial charge in [0.15, 0.2) is 0 Å². The highest BCUT2D eigenvalue weighted by atomic mass is 32.1. The number of H-pyrrole nitrogens is 1. The number of aryl methyl sites for hydroxylation is 1. The van der Waals surface area contributed by atoms with Gasteiger partial charge in [-0.05, 0) is 92.4 Å². The van der Waals surface area contributed by atoms with Crippen LogP contribution in [0.2, 0.25) is 0 Å². The molecule has 0 radical (unpaired) electrons. The Kier molecular flexibility index (Phi) is 10.7. The number of carbonyl (C=O) groups is 1.